The summed E-state index contributed by atoms with van der Waals surface area (Å²) in [5.41, 5.74) is 0. The van der Waals surface area contributed by atoms with Crippen molar-refractivity contribution in [3.05, 3.63) is 29.2 Å². The van der Waals surface area contributed by atoms with E-state index in [1.807, 2.05) is 13.0 Å². The molecule has 6 heteroatoms. The van der Waals surface area contributed by atoms with Crippen LogP contribution in [0.5, 0.6) is 0 Å². The maximum atomic E-state index is 11.5. The molecule has 2 rings (SSSR count). The quantitative estimate of drug-likeness (QED) is 0.883. The van der Waals surface area contributed by atoms with Crippen LogP contribution in [0.1, 0.15) is 17.2 Å². The molecule has 0 saturated carbocycles. The number of aromatic nitrogens is 2. The Morgan fingerprint density at radius 1 is 1.56 bits per heavy atom. The lowest BCUT2D eigenvalue weighted by Crippen LogP contribution is -2.11. The summed E-state index contributed by atoms with van der Waals surface area (Å²) in [5.74, 6) is 0.733. The van der Waals surface area contributed by atoms with E-state index in [9.17, 15) is 4.79 Å². The van der Waals surface area contributed by atoms with Crippen molar-refractivity contribution in [3.63, 3.8) is 0 Å². The van der Waals surface area contributed by atoms with Crippen molar-refractivity contribution in [2.45, 2.75) is 19.8 Å². The summed E-state index contributed by atoms with van der Waals surface area (Å²) < 4.78 is 5.13. The van der Waals surface area contributed by atoms with Crippen molar-refractivity contribution < 1.29 is 9.21 Å². The van der Waals surface area contributed by atoms with E-state index in [0.29, 0.717) is 18.0 Å². The molecule has 5 nitrogen and oxygen atoms in total. The average molecular weight is 237 g/mol. The first kappa shape index (κ1) is 10.8. The minimum atomic E-state index is -0.0763. The number of aryl methyl sites for hydroxylation is 2. The van der Waals surface area contributed by atoms with Gasteiger partial charge in [0.1, 0.15) is 10.8 Å². The first-order valence-electron chi connectivity index (χ1n) is 4.86. The number of carbonyl (C=O) groups is 1. The second kappa shape index (κ2) is 4.89. The Morgan fingerprint density at radius 3 is 3.06 bits per heavy atom. The first-order chi connectivity index (χ1) is 7.74. The SMILES string of the molecule is Cc1nnc(NC(=O)CCc2ccco2)s1. The van der Waals surface area contributed by atoms with Crippen LogP contribution in [0.3, 0.4) is 0 Å². The van der Waals surface area contributed by atoms with Gasteiger partial charge in [0.15, 0.2) is 0 Å². The smallest absolute Gasteiger partial charge is 0.226 e. The standard InChI is InChI=1S/C10H11N3O2S/c1-7-12-13-10(16-7)11-9(14)5-4-8-3-2-6-15-8/h2-3,6H,4-5H2,1H3,(H,11,13,14). The summed E-state index contributed by atoms with van der Waals surface area (Å²) in [6.07, 6.45) is 2.57. The van der Waals surface area contributed by atoms with Gasteiger partial charge in [-0.25, -0.2) is 0 Å². The number of nitrogens with one attached hydrogen (secondary N) is 1. The number of amides is 1. The highest BCUT2D eigenvalue weighted by atomic mass is 32.1. The van der Waals surface area contributed by atoms with Crippen LogP contribution in [0.15, 0.2) is 22.8 Å². The van der Waals surface area contributed by atoms with E-state index in [4.69, 9.17) is 4.42 Å². The number of hydrogen-bond donors (Lipinski definition) is 1. The summed E-state index contributed by atoms with van der Waals surface area (Å²) in [4.78, 5) is 11.5. The normalized spacial score (nSPS) is 10.3. The van der Waals surface area contributed by atoms with Gasteiger partial charge in [0.2, 0.25) is 11.0 Å². The molecular formula is C10H11N3O2S. The molecule has 0 radical (unpaired) electrons. The van der Waals surface area contributed by atoms with Gasteiger partial charge >= 0.3 is 0 Å². The average Bonchev–Trinajstić information content (AvgIpc) is 2.87. The molecule has 2 aromatic rings. The lowest BCUT2D eigenvalue weighted by molar-refractivity contribution is -0.116. The first-order valence-corrected chi connectivity index (χ1v) is 5.68. The second-order valence-electron chi connectivity index (χ2n) is 3.25. The van der Waals surface area contributed by atoms with Gasteiger partial charge in [-0.05, 0) is 19.1 Å². The highest BCUT2D eigenvalue weighted by molar-refractivity contribution is 7.15. The van der Waals surface area contributed by atoms with Gasteiger partial charge in [-0.2, -0.15) is 0 Å². The van der Waals surface area contributed by atoms with E-state index in [0.717, 1.165) is 10.8 Å². The molecule has 0 atom stereocenters. The van der Waals surface area contributed by atoms with Gasteiger partial charge in [-0.3, -0.25) is 4.79 Å². The molecule has 0 aliphatic carbocycles. The molecule has 0 fully saturated rings. The Balaban J connectivity index is 1.81. The highest BCUT2D eigenvalue weighted by Crippen LogP contribution is 2.14. The third-order valence-corrected chi connectivity index (χ3v) is 2.71. The van der Waals surface area contributed by atoms with Crippen LogP contribution < -0.4 is 5.32 Å². The Bertz CT molecular complexity index is 464. The van der Waals surface area contributed by atoms with Gasteiger partial charge in [0, 0.05) is 12.8 Å². The summed E-state index contributed by atoms with van der Waals surface area (Å²) in [6.45, 7) is 1.84. The number of anilines is 1. The van der Waals surface area contributed by atoms with Gasteiger partial charge in [0.05, 0.1) is 6.26 Å². The summed E-state index contributed by atoms with van der Waals surface area (Å²) in [7, 11) is 0. The number of nitrogens with zero attached hydrogens (tertiary/aromatic N) is 2. The van der Waals surface area contributed by atoms with Gasteiger partial charge < -0.3 is 9.73 Å². The number of furan rings is 1. The van der Waals surface area contributed by atoms with Crippen LogP contribution in [-0.4, -0.2) is 16.1 Å². The number of hydrogen-bond acceptors (Lipinski definition) is 5. The number of rotatable bonds is 4. The predicted octanol–water partition coefficient (Wildman–Crippen LogP) is 2.01. The fourth-order valence-corrected chi connectivity index (χ4v) is 1.83. The maximum Gasteiger partial charge on any atom is 0.226 e. The lowest BCUT2D eigenvalue weighted by atomic mass is 10.2. The van der Waals surface area contributed by atoms with Crippen LogP contribution in [0.4, 0.5) is 5.13 Å². The van der Waals surface area contributed by atoms with Crippen molar-refractivity contribution in [2.75, 3.05) is 5.32 Å². The summed E-state index contributed by atoms with van der Waals surface area (Å²) in [5, 5.41) is 11.7. The molecule has 0 unspecified atom stereocenters. The zero-order valence-corrected chi connectivity index (χ0v) is 9.58. The molecule has 0 saturated heterocycles. The predicted molar refractivity (Wildman–Crippen MR) is 60.3 cm³/mol. The zero-order chi connectivity index (χ0) is 11.4. The van der Waals surface area contributed by atoms with Gasteiger partial charge in [-0.1, -0.05) is 11.3 Å². The van der Waals surface area contributed by atoms with Gasteiger partial charge in [-0.15, -0.1) is 10.2 Å². The monoisotopic (exact) mass is 237 g/mol. The summed E-state index contributed by atoms with van der Waals surface area (Å²) in [6, 6.07) is 3.66. The zero-order valence-electron chi connectivity index (χ0n) is 8.77. The second-order valence-corrected chi connectivity index (χ2v) is 4.44. The van der Waals surface area contributed by atoms with Crippen molar-refractivity contribution in [3.8, 4) is 0 Å². The van der Waals surface area contributed by atoms with Crippen LogP contribution in [0.2, 0.25) is 0 Å². The fourth-order valence-electron chi connectivity index (χ4n) is 1.22. The molecule has 2 aromatic heterocycles. The van der Waals surface area contributed by atoms with E-state index in [1.165, 1.54) is 11.3 Å². The molecule has 0 aliphatic heterocycles. The molecule has 0 aliphatic rings. The number of carbonyl (C=O) groups excluding carboxylic acids is 1. The Kier molecular flexibility index (Phi) is 3.31. The van der Waals surface area contributed by atoms with E-state index in [2.05, 4.69) is 15.5 Å². The molecule has 1 amide bonds. The van der Waals surface area contributed by atoms with Gasteiger partial charge in [0.25, 0.3) is 0 Å². The van der Waals surface area contributed by atoms with Crippen molar-refractivity contribution in [1.29, 1.82) is 0 Å². The molecule has 84 valence electrons. The molecule has 0 aromatic carbocycles. The van der Waals surface area contributed by atoms with Crippen LogP contribution in [0.25, 0.3) is 0 Å². The largest absolute Gasteiger partial charge is 0.469 e. The molecule has 0 bridgehead atoms. The maximum absolute atomic E-state index is 11.5. The van der Waals surface area contributed by atoms with E-state index < -0.39 is 0 Å². The third-order valence-electron chi connectivity index (χ3n) is 1.95. The van der Waals surface area contributed by atoms with E-state index in [1.54, 1.807) is 12.3 Å². The lowest BCUT2D eigenvalue weighted by Gasteiger charge is -1.98. The Hall–Kier alpha value is -1.69. The molecular weight excluding hydrogens is 226 g/mol. The van der Waals surface area contributed by atoms with E-state index >= 15 is 0 Å². The summed E-state index contributed by atoms with van der Waals surface area (Å²) >= 11 is 1.36. The Labute approximate surface area is 96.5 Å². The third kappa shape index (κ3) is 2.90. The molecule has 0 spiro atoms. The van der Waals surface area contributed by atoms with Crippen molar-refractivity contribution in [1.82, 2.24) is 10.2 Å². The Morgan fingerprint density at radius 2 is 2.44 bits per heavy atom. The highest BCUT2D eigenvalue weighted by Gasteiger charge is 2.07. The van der Waals surface area contributed by atoms with Crippen LogP contribution in [0, 0.1) is 6.92 Å². The van der Waals surface area contributed by atoms with Crippen molar-refractivity contribution >= 4 is 22.4 Å². The van der Waals surface area contributed by atoms with Crippen LogP contribution >= 0.6 is 11.3 Å². The fraction of sp³-hybridized carbons (Fsp3) is 0.300. The van der Waals surface area contributed by atoms with Crippen LogP contribution in [-0.2, 0) is 11.2 Å². The van der Waals surface area contributed by atoms with Crippen molar-refractivity contribution in [2.24, 2.45) is 0 Å². The molecule has 2 heterocycles. The topological polar surface area (TPSA) is 68.0 Å². The minimum Gasteiger partial charge on any atom is -0.469 e. The minimum absolute atomic E-state index is 0.0763. The molecule has 16 heavy (non-hydrogen) atoms. The van der Waals surface area contributed by atoms with E-state index in [-0.39, 0.29) is 5.91 Å². The molecule has 1 N–H and O–H groups in total.